The molecule has 0 saturated carbocycles. The Hall–Kier alpha value is -1.13. The molecule has 0 aliphatic carbocycles. The average Bonchev–Trinajstić information content (AvgIpc) is 2.45. The van der Waals surface area contributed by atoms with E-state index in [1.807, 2.05) is 19.2 Å². The van der Waals surface area contributed by atoms with Crippen molar-refractivity contribution in [3.8, 4) is 0 Å². The Bertz CT molecular complexity index is 344. The van der Waals surface area contributed by atoms with Gasteiger partial charge in [-0.1, -0.05) is 13.0 Å². The van der Waals surface area contributed by atoms with Crippen molar-refractivity contribution in [1.82, 2.24) is 10.3 Å². The lowest BCUT2D eigenvalue weighted by Gasteiger charge is -2.24. The first-order valence-corrected chi connectivity index (χ1v) is 7.30. The molecule has 1 aromatic heterocycles. The van der Waals surface area contributed by atoms with Crippen molar-refractivity contribution in [2.45, 2.75) is 33.7 Å². The van der Waals surface area contributed by atoms with Gasteiger partial charge in [-0.3, -0.25) is 0 Å². The summed E-state index contributed by atoms with van der Waals surface area (Å²) in [7, 11) is 0. The van der Waals surface area contributed by atoms with E-state index >= 15 is 0 Å². The highest BCUT2D eigenvalue weighted by atomic mass is 16.5. The van der Waals surface area contributed by atoms with Gasteiger partial charge in [-0.2, -0.15) is 0 Å². The van der Waals surface area contributed by atoms with E-state index in [2.05, 4.69) is 35.1 Å². The molecule has 0 fully saturated rings. The van der Waals surface area contributed by atoms with E-state index in [4.69, 9.17) is 4.74 Å². The third-order valence-electron chi connectivity index (χ3n) is 3.00. The van der Waals surface area contributed by atoms with E-state index in [0.717, 1.165) is 51.6 Å². The number of nitrogens with one attached hydrogen (secondary N) is 1. The van der Waals surface area contributed by atoms with Gasteiger partial charge in [0.2, 0.25) is 0 Å². The van der Waals surface area contributed by atoms with Crippen molar-refractivity contribution >= 4 is 5.82 Å². The Kier molecular flexibility index (Phi) is 8.18. The van der Waals surface area contributed by atoms with E-state index in [1.165, 1.54) is 5.56 Å². The lowest BCUT2D eigenvalue weighted by Crippen LogP contribution is -2.30. The van der Waals surface area contributed by atoms with Crippen LogP contribution in [0.2, 0.25) is 0 Å². The Morgan fingerprint density at radius 2 is 2.16 bits per heavy atom. The van der Waals surface area contributed by atoms with Gasteiger partial charge in [0.15, 0.2) is 0 Å². The fourth-order valence-electron chi connectivity index (χ4n) is 1.99. The molecule has 0 atom stereocenters. The zero-order chi connectivity index (χ0) is 13.9. The largest absolute Gasteiger partial charge is 0.380 e. The highest BCUT2D eigenvalue weighted by molar-refractivity contribution is 5.46. The molecular weight excluding hydrogens is 238 g/mol. The van der Waals surface area contributed by atoms with Crippen molar-refractivity contribution < 1.29 is 4.74 Å². The molecule has 0 spiro atoms. The van der Waals surface area contributed by atoms with Crippen LogP contribution in [0.3, 0.4) is 0 Å². The van der Waals surface area contributed by atoms with Gasteiger partial charge in [0.1, 0.15) is 5.82 Å². The zero-order valence-electron chi connectivity index (χ0n) is 12.5. The second-order valence-corrected chi connectivity index (χ2v) is 4.44. The third kappa shape index (κ3) is 5.57. The SMILES string of the molecule is CCCNCc1cccnc1N(CC)CCOCC. The van der Waals surface area contributed by atoms with E-state index in [0.29, 0.717) is 0 Å². The number of likely N-dealkylation sites (N-methyl/N-ethyl adjacent to an activating group) is 1. The number of hydrogen-bond donors (Lipinski definition) is 1. The Balaban J connectivity index is 2.66. The maximum atomic E-state index is 5.44. The summed E-state index contributed by atoms with van der Waals surface area (Å²) in [5.41, 5.74) is 1.26. The quantitative estimate of drug-likeness (QED) is 0.659. The molecule has 0 amide bonds. The molecule has 0 unspecified atom stereocenters. The summed E-state index contributed by atoms with van der Waals surface area (Å²) in [4.78, 5) is 6.81. The van der Waals surface area contributed by atoms with E-state index in [9.17, 15) is 0 Å². The highest BCUT2D eigenvalue weighted by Gasteiger charge is 2.10. The van der Waals surface area contributed by atoms with Crippen LogP contribution >= 0.6 is 0 Å². The number of rotatable bonds is 10. The van der Waals surface area contributed by atoms with Crippen LogP contribution in [0.25, 0.3) is 0 Å². The minimum absolute atomic E-state index is 0.753. The van der Waals surface area contributed by atoms with Gasteiger partial charge in [0.25, 0.3) is 0 Å². The predicted octanol–water partition coefficient (Wildman–Crippen LogP) is 2.44. The minimum Gasteiger partial charge on any atom is -0.380 e. The number of pyridine rings is 1. The highest BCUT2D eigenvalue weighted by Crippen LogP contribution is 2.16. The van der Waals surface area contributed by atoms with E-state index in [1.54, 1.807) is 0 Å². The molecule has 0 saturated heterocycles. The molecule has 0 radical (unpaired) electrons. The number of hydrogen-bond acceptors (Lipinski definition) is 4. The van der Waals surface area contributed by atoms with Gasteiger partial charge in [0.05, 0.1) is 6.61 Å². The molecule has 1 heterocycles. The first-order valence-electron chi connectivity index (χ1n) is 7.30. The maximum Gasteiger partial charge on any atom is 0.133 e. The topological polar surface area (TPSA) is 37.4 Å². The van der Waals surface area contributed by atoms with Crippen molar-refractivity contribution in [2.75, 3.05) is 37.7 Å². The fraction of sp³-hybridized carbons (Fsp3) is 0.667. The normalized spacial score (nSPS) is 10.7. The van der Waals surface area contributed by atoms with Crippen molar-refractivity contribution in [2.24, 2.45) is 0 Å². The lowest BCUT2D eigenvalue weighted by atomic mass is 10.2. The molecule has 0 aliphatic rings. The van der Waals surface area contributed by atoms with Crippen LogP contribution in [0.4, 0.5) is 5.82 Å². The molecule has 1 aromatic rings. The third-order valence-corrected chi connectivity index (χ3v) is 3.00. The Morgan fingerprint density at radius 1 is 1.32 bits per heavy atom. The first-order chi connectivity index (χ1) is 9.33. The Labute approximate surface area is 117 Å². The molecule has 0 aliphatic heterocycles. The number of nitrogens with zero attached hydrogens (tertiary/aromatic N) is 2. The van der Waals surface area contributed by atoms with Gasteiger partial charge < -0.3 is 15.0 Å². The van der Waals surface area contributed by atoms with Crippen molar-refractivity contribution in [1.29, 1.82) is 0 Å². The van der Waals surface area contributed by atoms with Crippen LogP contribution in [-0.2, 0) is 11.3 Å². The summed E-state index contributed by atoms with van der Waals surface area (Å²) in [5, 5.41) is 3.44. The van der Waals surface area contributed by atoms with Crippen LogP contribution in [0.15, 0.2) is 18.3 Å². The van der Waals surface area contributed by atoms with E-state index < -0.39 is 0 Å². The van der Waals surface area contributed by atoms with Crippen LogP contribution in [0, 0.1) is 0 Å². The summed E-state index contributed by atoms with van der Waals surface area (Å²) in [6, 6.07) is 4.15. The summed E-state index contributed by atoms with van der Waals surface area (Å²) in [6.45, 7) is 11.6. The van der Waals surface area contributed by atoms with Gasteiger partial charge in [-0.05, 0) is 32.9 Å². The summed E-state index contributed by atoms with van der Waals surface area (Å²) in [6.07, 6.45) is 3.01. The van der Waals surface area contributed by atoms with Crippen LogP contribution in [0.1, 0.15) is 32.8 Å². The van der Waals surface area contributed by atoms with Crippen LogP contribution < -0.4 is 10.2 Å². The average molecular weight is 265 g/mol. The number of ether oxygens (including phenoxy) is 1. The standard InChI is InChI=1S/C15H27N3O/c1-4-9-16-13-14-8-7-10-17-15(14)18(5-2)11-12-19-6-3/h7-8,10,16H,4-6,9,11-13H2,1-3H3. The maximum absolute atomic E-state index is 5.44. The van der Waals surface area contributed by atoms with Crippen LogP contribution in [-0.4, -0.2) is 37.8 Å². The molecule has 0 bridgehead atoms. The second-order valence-electron chi connectivity index (χ2n) is 4.44. The first kappa shape index (κ1) is 15.9. The van der Waals surface area contributed by atoms with Gasteiger partial charge in [-0.15, -0.1) is 0 Å². The molecule has 108 valence electrons. The van der Waals surface area contributed by atoms with Crippen molar-refractivity contribution in [3.05, 3.63) is 23.9 Å². The minimum atomic E-state index is 0.753. The summed E-state index contributed by atoms with van der Waals surface area (Å²) >= 11 is 0. The lowest BCUT2D eigenvalue weighted by molar-refractivity contribution is 0.154. The smallest absolute Gasteiger partial charge is 0.133 e. The monoisotopic (exact) mass is 265 g/mol. The molecule has 4 nitrogen and oxygen atoms in total. The zero-order valence-corrected chi connectivity index (χ0v) is 12.5. The number of anilines is 1. The molecule has 0 aromatic carbocycles. The van der Waals surface area contributed by atoms with Crippen LogP contribution in [0.5, 0.6) is 0 Å². The molecule has 1 N–H and O–H groups in total. The molecular formula is C15H27N3O. The fourth-order valence-corrected chi connectivity index (χ4v) is 1.99. The Morgan fingerprint density at radius 3 is 2.84 bits per heavy atom. The van der Waals surface area contributed by atoms with E-state index in [-0.39, 0.29) is 0 Å². The second kappa shape index (κ2) is 9.75. The summed E-state index contributed by atoms with van der Waals surface area (Å²) in [5.74, 6) is 1.08. The molecule has 19 heavy (non-hydrogen) atoms. The predicted molar refractivity (Wildman–Crippen MR) is 80.6 cm³/mol. The van der Waals surface area contributed by atoms with Gasteiger partial charge >= 0.3 is 0 Å². The van der Waals surface area contributed by atoms with Gasteiger partial charge in [-0.25, -0.2) is 4.98 Å². The molecule has 1 rings (SSSR count). The van der Waals surface area contributed by atoms with Gasteiger partial charge in [0, 0.05) is 38.0 Å². The molecule has 4 heteroatoms. The van der Waals surface area contributed by atoms with Crippen molar-refractivity contribution in [3.63, 3.8) is 0 Å². The summed E-state index contributed by atoms with van der Waals surface area (Å²) < 4.78 is 5.44. The number of aromatic nitrogens is 1.